The second kappa shape index (κ2) is 10.9. The molecule has 0 atom stereocenters. The number of pyridine rings is 1. The van der Waals surface area contributed by atoms with Crippen LogP contribution >= 0.6 is 22.9 Å². The Morgan fingerprint density at radius 2 is 1.78 bits per heavy atom. The van der Waals surface area contributed by atoms with E-state index in [0.717, 1.165) is 56.0 Å². The number of likely N-dealkylation sites (tertiary alicyclic amines) is 1. The van der Waals surface area contributed by atoms with E-state index in [-0.39, 0.29) is 11.8 Å². The van der Waals surface area contributed by atoms with Gasteiger partial charge in [-0.3, -0.25) is 14.9 Å². The molecule has 0 unspecified atom stereocenters. The van der Waals surface area contributed by atoms with E-state index in [1.807, 2.05) is 40.6 Å². The summed E-state index contributed by atoms with van der Waals surface area (Å²) in [5.74, 6) is 0.147. The number of benzene rings is 1. The van der Waals surface area contributed by atoms with Crippen LogP contribution in [-0.4, -0.2) is 77.9 Å². The number of piperazine rings is 1. The molecule has 36 heavy (non-hydrogen) atoms. The van der Waals surface area contributed by atoms with Crippen LogP contribution in [-0.2, 0) is 4.79 Å². The Hall–Kier alpha value is -3.01. The predicted molar refractivity (Wildman–Crippen MR) is 144 cm³/mol. The summed E-state index contributed by atoms with van der Waals surface area (Å²) >= 11 is 7.60. The van der Waals surface area contributed by atoms with Crippen molar-refractivity contribution in [2.24, 2.45) is 5.92 Å². The van der Waals surface area contributed by atoms with E-state index < -0.39 is 0 Å². The van der Waals surface area contributed by atoms with Crippen LogP contribution in [0.2, 0.25) is 5.02 Å². The van der Waals surface area contributed by atoms with Crippen LogP contribution in [0.4, 0.5) is 10.8 Å². The quantitative estimate of drug-likeness (QED) is 0.541. The normalized spacial score (nSPS) is 17.3. The smallest absolute Gasteiger partial charge is 0.276 e. The molecule has 3 aromatic rings. The summed E-state index contributed by atoms with van der Waals surface area (Å²) in [5, 5.41) is 5.79. The highest BCUT2D eigenvalue weighted by molar-refractivity contribution is 7.14. The third kappa shape index (κ3) is 5.53. The second-order valence-electron chi connectivity index (χ2n) is 9.26. The molecule has 1 aromatic carbocycles. The number of piperidine rings is 1. The molecular weight excluding hydrogens is 496 g/mol. The number of carbonyl (C=O) groups is 2. The van der Waals surface area contributed by atoms with Gasteiger partial charge in [0.1, 0.15) is 5.69 Å². The zero-order chi connectivity index (χ0) is 25.1. The lowest BCUT2D eigenvalue weighted by atomic mass is 9.95. The molecule has 2 fully saturated rings. The molecule has 8 nitrogen and oxygen atoms in total. The monoisotopic (exact) mass is 524 g/mol. The van der Waals surface area contributed by atoms with Crippen LogP contribution in [0.1, 0.15) is 23.3 Å². The first-order valence-corrected chi connectivity index (χ1v) is 13.4. The Bertz CT molecular complexity index is 1220. The Morgan fingerprint density at radius 1 is 1.03 bits per heavy atom. The minimum atomic E-state index is -0.310. The van der Waals surface area contributed by atoms with Crippen molar-refractivity contribution in [2.75, 3.05) is 56.5 Å². The molecule has 0 spiro atoms. The highest BCUT2D eigenvalue weighted by Crippen LogP contribution is 2.30. The first-order chi connectivity index (χ1) is 17.5. The highest BCUT2D eigenvalue weighted by Gasteiger charge is 2.29. The fourth-order valence-electron chi connectivity index (χ4n) is 4.69. The van der Waals surface area contributed by atoms with E-state index in [1.54, 1.807) is 12.3 Å². The maximum absolute atomic E-state index is 12.9. The molecule has 188 valence electrons. The maximum atomic E-state index is 12.9. The standard InChI is InChI=1S/C26H29ClN6O2S/c1-31-10-8-18(9-11-31)25(35)33-14-12-32(13-15-33)19-6-7-22(28-16-19)24(34)30-26-29-23(17-36-26)20-4-2-3-5-21(20)27/h2-7,16-18H,8-15H2,1H3,(H,29,30,34). The van der Waals surface area contributed by atoms with Crippen LogP contribution in [0.25, 0.3) is 11.3 Å². The molecule has 10 heteroatoms. The molecule has 0 radical (unpaired) electrons. The van der Waals surface area contributed by atoms with Crippen molar-refractivity contribution >= 4 is 45.6 Å². The number of nitrogens with zero attached hydrogens (tertiary/aromatic N) is 5. The van der Waals surface area contributed by atoms with E-state index in [1.165, 1.54) is 11.3 Å². The van der Waals surface area contributed by atoms with Crippen molar-refractivity contribution in [3.63, 3.8) is 0 Å². The Kier molecular flexibility index (Phi) is 7.50. The summed E-state index contributed by atoms with van der Waals surface area (Å²) in [6, 6.07) is 11.1. The van der Waals surface area contributed by atoms with Gasteiger partial charge in [0.2, 0.25) is 5.91 Å². The summed E-state index contributed by atoms with van der Waals surface area (Å²) in [5.41, 5.74) is 2.82. The second-order valence-corrected chi connectivity index (χ2v) is 10.5. The van der Waals surface area contributed by atoms with Crippen LogP contribution in [0.5, 0.6) is 0 Å². The molecule has 0 saturated carbocycles. The SMILES string of the molecule is CN1CCC(C(=O)N2CCN(c3ccc(C(=O)Nc4nc(-c5ccccc5Cl)cs4)nc3)CC2)CC1. The van der Waals surface area contributed by atoms with Gasteiger partial charge in [-0.2, -0.15) is 0 Å². The van der Waals surface area contributed by atoms with E-state index in [2.05, 4.69) is 32.1 Å². The minimum Gasteiger partial charge on any atom is -0.367 e. The zero-order valence-electron chi connectivity index (χ0n) is 20.2. The van der Waals surface area contributed by atoms with Crippen LogP contribution in [0, 0.1) is 5.92 Å². The molecule has 2 aliphatic rings. The lowest BCUT2D eigenvalue weighted by Crippen LogP contribution is -2.51. The number of thiazole rings is 1. The summed E-state index contributed by atoms with van der Waals surface area (Å²) in [6.45, 7) is 4.93. The largest absolute Gasteiger partial charge is 0.367 e. The van der Waals surface area contributed by atoms with E-state index in [0.29, 0.717) is 34.8 Å². The topological polar surface area (TPSA) is 81.7 Å². The number of nitrogens with one attached hydrogen (secondary N) is 1. The number of anilines is 2. The molecule has 2 aromatic heterocycles. The molecular formula is C26H29ClN6O2S. The molecule has 1 N–H and O–H groups in total. The van der Waals surface area contributed by atoms with Gasteiger partial charge in [-0.05, 0) is 51.2 Å². The van der Waals surface area contributed by atoms with Gasteiger partial charge < -0.3 is 14.7 Å². The average molecular weight is 525 g/mol. The summed E-state index contributed by atoms with van der Waals surface area (Å²) in [6.07, 6.45) is 3.62. The number of hydrogen-bond donors (Lipinski definition) is 1. The Balaban J connectivity index is 1.14. The van der Waals surface area contributed by atoms with Gasteiger partial charge in [0.05, 0.1) is 17.6 Å². The van der Waals surface area contributed by atoms with Crippen molar-refractivity contribution < 1.29 is 9.59 Å². The maximum Gasteiger partial charge on any atom is 0.276 e. The van der Waals surface area contributed by atoms with Crippen molar-refractivity contribution in [2.45, 2.75) is 12.8 Å². The molecule has 2 amide bonds. The molecule has 0 aliphatic carbocycles. The van der Waals surface area contributed by atoms with Crippen LogP contribution < -0.4 is 10.2 Å². The van der Waals surface area contributed by atoms with Gasteiger partial charge in [0, 0.05) is 48.1 Å². The van der Waals surface area contributed by atoms with Crippen molar-refractivity contribution in [1.29, 1.82) is 0 Å². The number of hydrogen-bond acceptors (Lipinski definition) is 7. The lowest BCUT2D eigenvalue weighted by molar-refractivity contribution is -0.137. The summed E-state index contributed by atoms with van der Waals surface area (Å²) in [4.78, 5) is 41.0. The van der Waals surface area contributed by atoms with Gasteiger partial charge in [-0.25, -0.2) is 9.97 Å². The molecule has 4 heterocycles. The zero-order valence-corrected chi connectivity index (χ0v) is 21.8. The first-order valence-electron chi connectivity index (χ1n) is 12.2. The molecule has 0 bridgehead atoms. The third-order valence-corrected chi connectivity index (χ3v) is 7.97. The Labute approximate surface area is 219 Å². The number of aromatic nitrogens is 2. The van der Waals surface area contributed by atoms with Gasteiger partial charge in [0.15, 0.2) is 5.13 Å². The first kappa shape index (κ1) is 24.7. The lowest BCUT2D eigenvalue weighted by Gasteiger charge is -2.38. The van der Waals surface area contributed by atoms with E-state index in [4.69, 9.17) is 11.6 Å². The molecule has 2 aliphatic heterocycles. The van der Waals surface area contributed by atoms with Gasteiger partial charge in [-0.1, -0.05) is 29.8 Å². The fourth-order valence-corrected chi connectivity index (χ4v) is 5.63. The number of rotatable bonds is 5. The van der Waals surface area contributed by atoms with Gasteiger partial charge in [0.25, 0.3) is 5.91 Å². The van der Waals surface area contributed by atoms with Crippen molar-refractivity contribution in [3.05, 3.63) is 58.7 Å². The van der Waals surface area contributed by atoms with E-state index in [9.17, 15) is 9.59 Å². The van der Waals surface area contributed by atoms with Crippen molar-refractivity contribution in [1.82, 2.24) is 19.8 Å². The number of halogens is 1. The molecule has 5 rings (SSSR count). The van der Waals surface area contributed by atoms with Crippen LogP contribution in [0.15, 0.2) is 48.0 Å². The van der Waals surface area contributed by atoms with Crippen LogP contribution in [0.3, 0.4) is 0 Å². The highest BCUT2D eigenvalue weighted by atomic mass is 35.5. The van der Waals surface area contributed by atoms with Crippen molar-refractivity contribution in [3.8, 4) is 11.3 Å². The minimum absolute atomic E-state index is 0.158. The Morgan fingerprint density at radius 3 is 2.47 bits per heavy atom. The summed E-state index contributed by atoms with van der Waals surface area (Å²) in [7, 11) is 2.11. The number of amides is 2. The summed E-state index contributed by atoms with van der Waals surface area (Å²) < 4.78 is 0. The van der Waals surface area contributed by atoms with Gasteiger partial charge >= 0.3 is 0 Å². The predicted octanol–water partition coefficient (Wildman–Crippen LogP) is 4.10. The van der Waals surface area contributed by atoms with Gasteiger partial charge in [-0.15, -0.1) is 11.3 Å². The number of carbonyl (C=O) groups excluding carboxylic acids is 2. The fraction of sp³-hybridized carbons (Fsp3) is 0.385. The third-order valence-electron chi connectivity index (χ3n) is 6.88. The van der Waals surface area contributed by atoms with E-state index >= 15 is 0 Å². The molecule has 2 saturated heterocycles. The average Bonchev–Trinajstić information content (AvgIpc) is 3.37.